The van der Waals surface area contributed by atoms with Crippen LogP contribution in [0.15, 0.2) is 24.4 Å². The first kappa shape index (κ1) is 18.7. The number of amides is 1. The van der Waals surface area contributed by atoms with Crippen molar-refractivity contribution in [2.75, 3.05) is 39.9 Å². The van der Waals surface area contributed by atoms with Crippen molar-refractivity contribution in [3.8, 4) is 10.6 Å². The van der Waals surface area contributed by atoms with Crippen LogP contribution in [-0.2, 0) is 16.1 Å². The average molecular weight is 389 g/mol. The summed E-state index contributed by atoms with van der Waals surface area (Å²) in [7, 11) is 1.70. The highest BCUT2D eigenvalue weighted by molar-refractivity contribution is 7.15. The number of hydrogen-bond acceptors (Lipinski definition) is 5. The van der Waals surface area contributed by atoms with Crippen LogP contribution in [0.4, 0.5) is 0 Å². The number of thiophene rings is 1. The normalized spacial score (nSPS) is 24.0. The number of rotatable bonds is 6. The highest BCUT2D eigenvalue weighted by Crippen LogP contribution is 2.39. The van der Waals surface area contributed by atoms with Crippen molar-refractivity contribution in [2.24, 2.45) is 5.41 Å². The number of aromatic amines is 1. The highest BCUT2D eigenvalue weighted by Gasteiger charge is 2.41. The smallest absolute Gasteiger partial charge is 0.222 e. The fourth-order valence-corrected chi connectivity index (χ4v) is 5.53. The first-order chi connectivity index (χ1) is 13.2. The third-order valence-electron chi connectivity index (χ3n) is 5.86. The zero-order chi connectivity index (χ0) is 18.7. The van der Waals surface area contributed by atoms with Crippen molar-refractivity contribution in [1.29, 1.82) is 0 Å². The molecule has 2 aliphatic rings. The Morgan fingerprint density at radius 3 is 3.04 bits per heavy atom. The lowest BCUT2D eigenvalue weighted by Gasteiger charge is -2.48. The van der Waals surface area contributed by atoms with E-state index < -0.39 is 0 Å². The molecule has 0 aromatic carbocycles. The first-order valence-electron chi connectivity index (χ1n) is 9.75. The largest absolute Gasteiger partial charge is 0.383 e. The zero-order valence-electron chi connectivity index (χ0n) is 15.9. The topological polar surface area (TPSA) is 61.5 Å². The molecule has 2 aromatic heterocycles. The van der Waals surface area contributed by atoms with Crippen molar-refractivity contribution in [1.82, 2.24) is 20.0 Å². The van der Waals surface area contributed by atoms with Crippen LogP contribution < -0.4 is 0 Å². The summed E-state index contributed by atoms with van der Waals surface area (Å²) in [6, 6.07) is 6.43. The molecule has 2 aromatic rings. The number of hydrogen-bond donors (Lipinski definition) is 1. The number of nitrogens with one attached hydrogen (secondary N) is 1. The Morgan fingerprint density at radius 2 is 2.22 bits per heavy atom. The molecule has 2 saturated heterocycles. The van der Waals surface area contributed by atoms with Gasteiger partial charge in [-0.1, -0.05) is 0 Å². The van der Waals surface area contributed by atoms with Crippen molar-refractivity contribution < 1.29 is 9.53 Å². The summed E-state index contributed by atoms with van der Waals surface area (Å²) in [5.41, 5.74) is 1.34. The van der Waals surface area contributed by atoms with Gasteiger partial charge >= 0.3 is 0 Å². The van der Waals surface area contributed by atoms with Crippen molar-refractivity contribution in [2.45, 2.75) is 32.2 Å². The number of carbonyl (C=O) groups excluding carboxylic acids is 1. The molecular formula is C20H28N4O2S. The van der Waals surface area contributed by atoms with Gasteiger partial charge in [0, 0.05) is 56.2 Å². The van der Waals surface area contributed by atoms with Gasteiger partial charge < -0.3 is 9.64 Å². The summed E-state index contributed by atoms with van der Waals surface area (Å²) in [6.45, 7) is 5.45. The van der Waals surface area contributed by atoms with Gasteiger partial charge in [0.1, 0.15) is 0 Å². The predicted molar refractivity (Wildman–Crippen MR) is 107 cm³/mol. The molecule has 0 radical (unpaired) electrons. The first-order valence-corrected chi connectivity index (χ1v) is 10.6. The van der Waals surface area contributed by atoms with E-state index in [2.05, 4.69) is 27.2 Å². The van der Waals surface area contributed by atoms with Crippen LogP contribution >= 0.6 is 11.3 Å². The second-order valence-corrected chi connectivity index (χ2v) is 9.03. The van der Waals surface area contributed by atoms with Gasteiger partial charge in [-0.05, 0) is 44.0 Å². The van der Waals surface area contributed by atoms with Crippen LogP contribution in [0.3, 0.4) is 0 Å². The van der Waals surface area contributed by atoms with Crippen LogP contribution in [0.1, 0.15) is 30.6 Å². The minimum absolute atomic E-state index is 0.253. The molecule has 1 atom stereocenters. The van der Waals surface area contributed by atoms with E-state index in [4.69, 9.17) is 4.74 Å². The second-order valence-electron chi connectivity index (χ2n) is 7.86. The van der Waals surface area contributed by atoms with E-state index in [0.29, 0.717) is 13.0 Å². The van der Waals surface area contributed by atoms with Gasteiger partial charge in [0.15, 0.2) is 0 Å². The second kappa shape index (κ2) is 8.12. The van der Waals surface area contributed by atoms with Crippen molar-refractivity contribution in [3.05, 3.63) is 29.3 Å². The third kappa shape index (κ3) is 4.25. The number of carbonyl (C=O) groups is 1. The summed E-state index contributed by atoms with van der Waals surface area (Å²) in [5.74, 6) is 0.289. The van der Waals surface area contributed by atoms with E-state index in [1.807, 2.05) is 22.3 Å². The molecule has 27 heavy (non-hydrogen) atoms. The Bertz CT molecular complexity index is 760. The maximum absolute atomic E-state index is 12.3. The average Bonchev–Trinajstić information content (AvgIpc) is 3.35. The molecule has 0 saturated carbocycles. The van der Waals surface area contributed by atoms with Gasteiger partial charge in [-0.25, -0.2) is 0 Å². The van der Waals surface area contributed by atoms with Crippen LogP contribution in [0, 0.1) is 5.41 Å². The van der Waals surface area contributed by atoms with Crippen LogP contribution in [0.2, 0.25) is 0 Å². The molecule has 7 heteroatoms. The predicted octanol–water partition coefficient (Wildman–Crippen LogP) is 2.99. The van der Waals surface area contributed by atoms with E-state index in [1.165, 1.54) is 22.6 Å². The monoisotopic (exact) mass is 388 g/mol. The molecule has 0 bridgehead atoms. The molecule has 0 aliphatic carbocycles. The SMILES string of the molecule is COCCN1C[C@]2(CCCN(Cc3ccc(-c4ccn[nH]4)s3)C2)CCC1=O. The number of piperidine rings is 2. The Hall–Kier alpha value is -1.70. The number of H-pyrrole nitrogens is 1. The molecular weight excluding hydrogens is 360 g/mol. The minimum Gasteiger partial charge on any atom is -0.383 e. The van der Waals surface area contributed by atoms with Gasteiger partial charge in [0.05, 0.1) is 17.2 Å². The van der Waals surface area contributed by atoms with Crippen LogP contribution in [0.25, 0.3) is 10.6 Å². The summed E-state index contributed by atoms with van der Waals surface area (Å²) >= 11 is 1.84. The maximum Gasteiger partial charge on any atom is 0.222 e. The quantitative estimate of drug-likeness (QED) is 0.826. The third-order valence-corrected chi connectivity index (χ3v) is 6.96. The summed E-state index contributed by atoms with van der Waals surface area (Å²) in [5, 5.41) is 7.09. The standard InChI is InChI=1S/C20H28N4O2S/c1-26-12-11-24-15-20(8-5-19(24)25)7-2-10-23(14-20)13-16-3-4-18(27-16)17-6-9-21-22-17/h3-4,6,9H,2,5,7-8,10-15H2,1H3,(H,21,22)/t20-/m1/s1. The molecule has 4 rings (SSSR count). The Morgan fingerprint density at radius 1 is 1.30 bits per heavy atom. The Labute approximate surface area is 164 Å². The number of methoxy groups -OCH3 is 1. The Kier molecular flexibility index (Phi) is 5.61. The van der Waals surface area contributed by atoms with E-state index >= 15 is 0 Å². The van der Waals surface area contributed by atoms with E-state index in [9.17, 15) is 4.79 Å². The lowest BCUT2D eigenvalue weighted by atomic mass is 9.73. The van der Waals surface area contributed by atoms with Crippen LogP contribution in [-0.4, -0.2) is 65.8 Å². The van der Waals surface area contributed by atoms with E-state index in [1.54, 1.807) is 13.3 Å². The number of ether oxygens (including phenoxy) is 1. The molecule has 2 fully saturated rings. The van der Waals surface area contributed by atoms with Gasteiger partial charge in [-0.15, -0.1) is 11.3 Å². The maximum atomic E-state index is 12.3. The summed E-state index contributed by atoms with van der Waals surface area (Å²) < 4.78 is 5.19. The van der Waals surface area contributed by atoms with Gasteiger partial charge in [0.25, 0.3) is 0 Å². The minimum atomic E-state index is 0.253. The molecule has 6 nitrogen and oxygen atoms in total. The van der Waals surface area contributed by atoms with E-state index in [-0.39, 0.29) is 11.3 Å². The fourth-order valence-electron chi connectivity index (χ4n) is 4.51. The Balaban J connectivity index is 1.40. The van der Waals surface area contributed by atoms with Crippen LogP contribution in [0.5, 0.6) is 0 Å². The van der Waals surface area contributed by atoms with E-state index in [0.717, 1.165) is 44.8 Å². The van der Waals surface area contributed by atoms with Gasteiger partial charge in [-0.2, -0.15) is 5.10 Å². The lowest BCUT2D eigenvalue weighted by Crippen LogP contribution is -2.54. The van der Waals surface area contributed by atoms with Gasteiger partial charge in [0.2, 0.25) is 5.91 Å². The zero-order valence-corrected chi connectivity index (χ0v) is 16.8. The highest BCUT2D eigenvalue weighted by atomic mass is 32.1. The lowest BCUT2D eigenvalue weighted by molar-refractivity contribution is -0.140. The number of nitrogens with zero attached hydrogens (tertiary/aromatic N) is 3. The van der Waals surface area contributed by atoms with Gasteiger partial charge in [-0.3, -0.25) is 14.8 Å². The number of likely N-dealkylation sites (tertiary alicyclic amines) is 2. The molecule has 146 valence electrons. The van der Waals surface area contributed by atoms with Crippen molar-refractivity contribution >= 4 is 17.2 Å². The molecule has 0 unspecified atom stereocenters. The fraction of sp³-hybridized carbons (Fsp3) is 0.600. The number of aromatic nitrogens is 2. The van der Waals surface area contributed by atoms with Crippen molar-refractivity contribution in [3.63, 3.8) is 0 Å². The molecule has 4 heterocycles. The summed E-state index contributed by atoms with van der Waals surface area (Å²) in [6.07, 6.45) is 5.94. The molecule has 1 N–H and O–H groups in total. The molecule has 1 spiro atoms. The molecule has 1 amide bonds. The summed E-state index contributed by atoms with van der Waals surface area (Å²) in [4.78, 5) is 19.5. The molecule has 2 aliphatic heterocycles.